The zero-order chi connectivity index (χ0) is 15.7. The molecule has 1 amide bonds. The second kappa shape index (κ2) is 6.05. The van der Waals surface area contributed by atoms with Crippen molar-refractivity contribution in [3.63, 3.8) is 0 Å². The van der Waals surface area contributed by atoms with Crippen LogP contribution in [0.15, 0.2) is 10.3 Å². The van der Waals surface area contributed by atoms with Gasteiger partial charge in [-0.15, -0.1) is 11.3 Å². The van der Waals surface area contributed by atoms with Gasteiger partial charge in [0, 0.05) is 13.1 Å². The summed E-state index contributed by atoms with van der Waals surface area (Å²) in [5, 5.41) is 2.78. The predicted octanol–water partition coefficient (Wildman–Crippen LogP) is 1.18. The molecule has 0 bridgehead atoms. The quantitative estimate of drug-likeness (QED) is 0.857. The van der Waals surface area contributed by atoms with Crippen molar-refractivity contribution in [1.29, 1.82) is 0 Å². The van der Waals surface area contributed by atoms with Crippen LogP contribution in [0.4, 0.5) is 5.82 Å². The van der Waals surface area contributed by atoms with Crippen LogP contribution in [0.2, 0.25) is 5.02 Å². The van der Waals surface area contributed by atoms with Crippen LogP contribution in [0.25, 0.3) is 10.7 Å². The highest BCUT2D eigenvalue weighted by Crippen LogP contribution is 2.27. The fourth-order valence-electron chi connectivity index (χ4n) is 2.28. The van der Waals surface area contributed by atoms with Crippen LogP contribution in [0.1, 0.15) is 12.1 Å². The molecule has 0 spiro atoms. The number of rotatable bonds is 2. The molecule has 3 rings (SSSR count). The Hall–Kier alpha value is -1.93. The first-order chi connectivity index (χ1) is 10.6. The molecule has 2 N–H and O–H groups in total. The van der Waals surface area contributed by atoms with E-state index < -0.39 is 5.56 Å². The average molecular weight is 340 g/mol. The van der Waals surface area contributed by atoms with Gasteiger partial charge in [-0.3, -0.25) is 9.59 Å². The molecule has 0 aliphatic carbocycles. The van der Waals surface area contributed by atoms with E-state index in [9.17, 15) is 9.59 Å². The number of thiazole rings is 1. The molecule has 22 heavy (non-hydrogen) atoms. The molecule has 1 aliphatic heterocycles. The highest BCUT2D eigenvalue weighted by molar-refractivity contribution is 7.13. The molecule has 3 heterocycles. The SMILES string of the molecule is Cc1ncsc1-c1nc(N2CCCNC(=O)C2)c(Cl)c(=O)[nH]1. The molecule has 116 valence electrons. The number of aromatic amines is 1. The highest BCUT2D eigenvalue weighted by Gasteiger charge is 2.22. The van der Waals surface area contributed by atoms with E-state index in [0.717, 1.165) is 17.0 Å². The maximum atomic E-state index is 12.1. The predicted molar refractivity (Wildman–Crippen MR) is 85.6 cm³/mol. The van der Waals surface area contributed by atoms with Gasteiger partial charge in [-0.2, -0.15) is 0 Å². The third-order valence-electron chi connectivity index (χ3n) is 3.37. The summed E-state index contributed by atoms with van der Waals surface area (Å²) in [6.07, 6.45) is 0.769. The maximum Gasteiger partial charge on any atom is 0.272 e. The molecule has 1 saturated heterocycles. The molecule has 9 heteroatoms. The van der Waals surface area contributed by atoms with Gasteiger partial charge in [-0.1, -0.05) is 11.6 Å². The fourth-order valence-corrected chi connectivity index (χ4v) is 3.24. The number of aryl methyl sites for hydroxylation is 1. The van der Waals surface area contributed by atoms with Crippen LogP contribution in [0.5, 0.6) is 0 Å². The van der Waals surface area contributed by atoms with Crippen molar-refractivity contribution in [3.05, 3.63) is 26.6 Å². The first-order valence-electron chi connectivity index (χ1n) is 6.78. The van der Waals surface area contributed by atoms with E-state index in [1.807, 2.05) is 6.92 Å². The molecule has 1 aliphatic rings. The fraction of sp³-hybridized carbons (Fsp3) is 0.385. The maximum absolute atomic E-state index is 12.1. The molecule has 0 saturated carbocycles. The number of aromatic nitrogens is 3. The van der Waals surface area contributed by atoms with E-state index in [2.05, 4.69) is 20.3 Å². The van der Waals surface area contributed by atoms with Gasteiger partial charge in [0.1, 0.15) is 5.02 Å². The topological polar surface area (TPSA) is 91.0 Å². The summed E-state index contributed by atoms with van der Waals surface area (Å²) in [5.74, 6) is 0.658. The van der Waals surface area contributed by atoms with Crippen LogP contribution < -0.4 is 15.8 Å². The lowest BCUT2D eigenvalue weighted by atomic mass is 10.3. The molecule has 1 fully saturated rings. The number of H-pyrrole nitrogens is 1. The van der Waals surface area contributed by atoms with Crippen molar-refractivity contribution in [3.8, 4) is 10.7 Å². The van der Waals surface area contributed by atoms with Crippen molar-refractivity contribution in [2.75, 3.05) is 24.5 Å². The molecular formula is C13H14ClN5O2S. The monoisotopic (exact) mass is 339 g/mol. The van der Waals surface area contributed by atoms with E-state index in [0.29, 0.717) is 24.7 Å². The summed E-state index contributed by atoms with van der Waals surface area (Å²) in [6.45, 7) is 3.20. The van der Waals surface area contributed by atoms with E-state index in [-0.39, 0.29) is 17.5 Å². The Balaban J connectivity index is 2.07. The van der Waals surface area contributed by atoms with Crippen molar-refractivity contribution in [2.45, 2.75) is 13.3 Å². The van der Waals surface area contributed by atoms with Crippen LogP contribution in [-0.4, -0.2) is 40.5 Å². The normalized spacial score (nSPS) is 15.5. The van der Waals surface area contributed by atoms with Gasteiger partial charge in [0.2, 0.25) is 5.91 Å². The van der Waals surface area contributed by atoms with Crippen molar-refractivity contribution >= 4 is 34.7 Å². The molecule has 0 unspecified atom stereocenters. The minimum absolute atomic E-state index is 0.000573. The lowest BCUT2D eigenvalue weighted by Crippen LogP contribution is -2.34. The van der Waals surface area contributed by atoms with Gasteiger partial charge in [0.15, 0.2) is 11.6 Å². The summed E-state index contributed by atoms with van der Waals surface area (Å²) in [4.78, 5) is 37.6. The molecule has 2 aromatic rings. The van der Waals surface area contributed by atoms with E-state index >= 15 is 0 Å². The van der Waals surface area contributed by atoms with Gasteiger partial charge < -0.3 is 15.2 Å². The Morgan fingerprint density at radius 1 is 1.41 bits per heavy atom. The number of hydrogen-bond acceptors (Lipinski definition) is 6. The molecular weight excluding hydrogens is 326 g/mol. The third kappa shape index (κ3) is 2.84. The van der Waals surface area contributed by atoms with Gasteiger partial charge in [-0.05, 0) is 13.3 Å². The number of amides is 1. The standard InChI is InChI=1S/C13H14ClN5O2S/c1-7-10(22-6-16-7)11-17-12(9(14)13(21)18-11)19-4-2-3-15-8(20)5-19/h6H,2-5H2,1H3,(H,15,20)(H,17,18,21). The van der Waals surface area contributed by atoms with E-state index in [1.165, 1.54) is 11.3 Å². The summed E-state index contributed by atoms with van der Waals surface area (Å²) < 4.78 is 0. The van der Waals surface area contributed by atoms with Crippen molar-refractivity contribution in [2.24, 2.45) is 0 Å². The van der Waals surface area contributed by atoms with Gasteiger partial charge in [-0.25, -0.2) is 9.97 Å². The first kappa shape index (κ1) is 15.0. The van der Waals surface area contributed by atoms with E-state index in [1.54, 1.807) is 10.4 Å². The van der Waals surface area contributed by atoms with Crippen molar-refractivity contribution in [1.82, 2.24) is 20.3 Å². The number of nitrogens with one attached hydrogen (secondary N) is 2. The molecule has 2 aromatic heterocycles. The Bertz CT molecular complexity index is 772. The minimum Gasteiger partial charge on any atom is -0.354 e. The Labute approximate surface area is 135 Å². The van der Waals surface area contributed by atoms with Gasteiger partial charge >= 0.3 is 0 Å². The zero-order valence-corrected chi connectivity index (χ0v) is 13.4. The first-order valence-corrected chi connectivity index (χ1v) is 8.04. The molecule has 7 nitrogen and oxygen atoms in total. The molecule has 0 atom stereocenters. The van der Waals surface area contributed by atoms with Gasteiger partial charge in [0.25, 0.3) is 5.56 Å². The second-order valence-electron chi connectivity index (χ2n) is 4.94. The summed E-state index contributed by atoms with van der Waals surface area (Å²) in [5.41, 5.74) is 2.06. The largest absolute Gasteiger partial charge is 0.354 e. The Kier molecular flexibility index (Phi) is 4.12. The summed E-state index contributed by atoms with van der Waals surface area (Å²) >= 11 is 7.50. The lowest BCUT2D eigenvalue weighted by Gasteiger charge is -2.21. The smallest absolute Gasteiger partial charge is 0.272 e. The van der Waals surface area contributed by atoms with Crippen LogP contribution in [0.3, 0.4) is 0 Å². The van der Waals surface area contributed by atoms with Crippen LogP contribution in [0, 0.1) is 6.92 Å². The Morgan fingerprint density at radius 2 is 2.23 bits per heavy atom. The number of hydrogen-bond donors (Lipinski definition) is 2. The van der Waals surface area contributed by atoms with Crippen LogP contribution in [-0.2, 0) is 4.79 Å². The lowest BCUT2D eigenvalue weighted by molar-refractivity contribution is -0.119. The second-order valence-corrected chi connectivity index (χ2v) is 6.18. The van der Waals surface area contributed by atoms with E-state index in [4.69, 9.17) is 11.6 Å². The summed E-state index contributed by atoms with van der Waals surface area (Å²) in [6, 6.07) is 0. The van der Waals surface area contributed by atoms with Gasteiger partial charge in [0.05, 0.1) is 22.6 Å². The molecule has 0 aromatic carbocycles. The zero-order valence-electron chi connectivity index (χ0n) is 11.9. The Morgan fingerprint density at radius 3 is 2.95 bits per heavy atom. The third-order valence-corrected chi connectivity index (χ3v) is 4.64. The number of halogens is 1. The number of carbonyl (C=O) groups excluding carboxylic acids is 1. The minimum atomic E-state index is -0.417. The summed E-state index contributed by atoms with van der Waals surface area (Å²) in [7, 11) is 0. The number of nitrogens with zero attached hydrogens (tertiary/aromatic N) is 3. The number of carbonyl (C=O) groups is 1. The average Bonchev–Trinajstić information content (AvgIpc) is 2.79. The number of anilines is 1. The van der Waals surface area contributed by atoms with Crippen LogP contribution >= 0.6 is 22.9 Å². The molecule has 0 radical (unpaired) electrons. The highest BCUT2D eigenvalue weighted by atomic mass is 35.5. The van der Waals surface area contributed by atoms with Crippen molar-refractivity contribution < 1.29 is 4.79 Å².